The average molecular weight is 300 g/mol. The van der Waals surface area contributed by atoms with Crippen LogP contribution in [0.5, 0.6) is 0 Å². The molecule has 0 aliphatic heterocycles. The van der Waals surface area contributed by atoms with E-state index in [0.717, 1.165) is 36.5 Å². The molecule has 1 heterocycles. The number of hydrogen-bond acceptors (Lipinski definition) is 4. The first-order valence-electron chi connectivity index (χ1n) is 7.54. The predicted molar refractivity (Wildman–Crippen MR) is 88.7 cm³/mol. The van der Waals surface area contributed by atoms with Gasteiger partial charge in [0.1, 0.15) is 5.78 Å². The molecule has 0 atom stereocenters. The molecule has 0 saturated carbocycles. The van der Waals surface area contributed by atoms with Crippen LogP contribution in [-0.2, 0) is 17.8 Å². The summed E-state index contributed by atoms with van der Waals surface area (Å²) >= 11 is 0. The van der Waals surface area contributed by atoms with Crippen molar-refractivity contribution in [1.29, 1.82) is 0 Å². The van der Waals surface area contributed by atoms with Crippen LogP contribution in [0.1, 0.15) is 18.1 Å². The van der Waals surface area contributed by atoms with Crippen LogP contribution in [0.2, 0.25) is 0 Å². The van der Waals surface area contributed by atoms with E-state index in [2.05, 4.69) is 33.5 Å². The Morgan fingerprint density at radius 3 is 2.95 bits per heavy atom. The molecule has 0 saturated heterocycles. The molecule has 0 bridgehead atoms. The number of nitrogens with one attached hydrogen (secondary N) is 2. The molecule has 2 aromatic rings. The summed E-state index contributed by atoms with van der Waals surface area (Å²) in [6, 6.07) is 8.05. The standard InChI is InChI=1S/C17H24N4O/c1-13(22)9-14-5-4-6-15(10-14)17-16(11-19-20-17)12-21(3)8-7-18-2/h4-6,10-11,18H,7-9,12H2,1-3H3,(H,19,20). The van der Waals surface area contributed by atoms with Crippen molar-refractivity contribution in [1.82, 2.24) is 20.4 Å². The number of Topliss-reactive ketones (excluding diaryl/α,β-unsaturated/α-hetero) is 1. The number of aromatic nitrogens is 2. The van der Waals surface area contributed by atoms with Crippen molar-refractivity contribution < 1.29 is 4.79 Å². The molecule has 1 aromatic carbocycles. The highest BCUT2D eigenvalue weighted by Crippen LogP contribution is 2.23. The number of carbonyl (C=O) groups excluding carboxylic acids is 1. The third kappa shape index (κ3) is 4.51. The van der Waals surface area contributed by atoms with Crippen molar-refractivity contribution in [3.8, 4) is 11.3 Å². The SMILES string of the molecule is CNCCN(C)Cc1c[nH]nc1-c1cccc(CC(C)=O)c1. The summed E-state index contributed by atoms with van der Waals surface area (Å²) in [5.74, 6) is 0.172. The highest BCUT2D eigenvalue weighted by atomic mass is 16.1. The van der Waals surface area contributed by atoms with E-state index in [1.165, 1.54) is 5.56 Å². The lowest BCUT2D eigenvalue weighted by Crippen LogP contribution is -2.26. The van der Waals surface area contributed by atoms with Crippen LogP contribution in [0.25, 0.3) is 11.3 Å². The molecule has 0 amide bonds. The third-order valence-electron chi connectivity index (χ3n) is 3.56. The Labute approximate surface area is 131 Å². The van der Waals surface area contributed by atoms with E-state index in [4.69, 9.17) is 0 Å². The maximum absolute atomic E-state index is 11.3. The Bertz CT molecular complexity index is 621. The number of likely N-dealkylation sites (N-methyl/N-ethyl adjacent to an activating group) is 2. The van der Waals surface area contributed by atoms with Gasteiger partial charge in [0.15, 0.2) is 0 Å². The van der Waals surface area contributed by atoms with Gasteiger partial charge in [0.25, 0.3) is 0 Å². The summed E-state index contributed by atoms with van der Waals surface area (Å²) in [4.78, 5) is 13.5. The zero-order valence-electron chi connectivity index (χ0n) is 13.5. The third-order valence-corrected chi connectivity index (χ3v) is 3.56. The molecule has 2 rings (SSSR count). The maximum Gasteiger partial charge on any atom is 0.134 e. The van der Waals surface area contributed by atoms with Gasteiger partial charge in [-0.3, -0.25) is 9.89 Å². The van der Waals surface area contributed by atoms with Crippen molar-refractivity contribution in [3.05, 3.63) is 41.6 Å². The fourth-order valence-electron chi connectivity index (χ4n) is 2.47. The van der Waals surface area contributed by atoms with Gasteiger partial charge >= 0.3 is 0 Å². The average Bonchev–Trinajstić information content (AvgIpc) is 2.92. The van der Waals surface area contributed by atoms with Crippen molar-refractivity contribution in [3.63, 3.8) is 0 Å². The highest BCUT2D eigenvalue weighted by molar-refractivity contribution is 5.78. The number of benzene rings is 1. The second kappa shape index (κ2) is 7.87. The van der Waals surface area contributed by atoms with Crippen LogP contribution in [0.3, 0.4) is 0 Å². The van der Waals surface area contributed by atoms with Crippen LogP contribution >= 0.6 is 0 Å². The second-order valence-corrected chi connectivity index (χ2v) is 5.68. The molecular formula is C17H24N4O. The fraction of sp³-hybridized carbons (Fsp3) is 0.412. The summed E-state index contributed by atoms with van der Waals surface area (Å²) in [5.41, 5.74) is 4.21. The lowest BCUT2D eigenvalue weighted by atomic mass is 10.0. The van der Waals surface area contributed by atoms with Gasteiger partial charge in [0.05, 0.1) is 5.69 Å². The Balaban J connectivity index is 2.16. The summed E-state index contributed by atoms with van der Waals surface area (Å²) in [7, 11) is 4.05. The first-order valence-corrected chi connectivity index (χ1v) is 7.54. The lowest BCUT2D eigenvalue weighted by molar-refractivity contribution is -0.116. The van der Waals surface area contributed by atoms with E-state index in [1.807, 2.05) is 31.4 Å². The molecule has 1 aromatic heterocycles. The van der Waals surface area contributed by atoms with Crippen LogP contribution in [0, 0.1) is 0 Å². The molecule has 0 unspecified atom stereocenters. The number of H-pyrrole nitrogens is 1. The van der Waals surface area contributed by atoms with Gasteiger partial charge < -0.3 is 10.2 Å². The van der Waals surface area contributed by atoms with Gasteiger partial charge in [-0.25, -0.2) is 0 Å². The van der Waals surface area contributed by atoms with Crippen molar-refractivity contribution in [2.45, 2.75) is 19.9 Å². The van der Waals surface area contributed by atoms with Gasteiger partial charge in [-0.1, -0.05) is 18.2 Å². The van der Waals surface area contributed by atoms with Gasteiger partial charge in [-0.2, -0.15) is 5.10 Å². The molecule has 22 heavy (non-hydrogen) atoms. The molecule has 0 radical (unpaired) electrons. The van der Waals surface area contributed by atoms with Gasteiger partial charge in [-0.15, -0.1) is 0 Å². The van der Waals surface area contributed by atoms with E-state index in [1.54, 1.807) is 6.92 Å². The van der Waals surface area contributed by atoms with E-state index in [-0.39, 0.29) is 5.78 Å². The highest BCUT2D eigenvalue weighted by Gasteiger charge is 2.11. The number of rotatable bonds is 8. The first-order chi connectivity index (χ1) is 10.6. The number of carbonyl (C=O) groups is 1. The maximum atomic E-state index is 11.3. The molecule has 5 nitrogen and oxygen atoms in total. The summed E-state index contributed by atoms with van der Waals surface area (Å²) < 4.78 is 0. The zero-order chi connectivity index (χ0) is 15.9. The van der Waals surface area contributed by atoms with Crippen molar-refractivity contribution in [2.24, 2.45) is 0 Å². The minimum Gasteiger partial charge on any atom is -0.318 e. The first kappa shape index (κ1) is 16.4. The fourth-order valence-corrected chi connectivity index (χ4v) is 2.47. The molecule has 0 aliphatic carbocycles. The van der Waals surface area contributed by atoms with E-state index < -0.39 is 0 Å². The lowest BCUT2D eigenvalue weighted by Gasteiger charge is -2.16. The Morgan fingerprint density at radius 2 is 2.23 bits per heavy atom. The van der Waals surface area contributed by atoms with E-state index >= 15 is 0 Å². The molecule has 0 spiro atoms. The minimum absolute atomic E-state index is 0.172. The van der Waals surface area contributed by atoms with Crippen LogP contribution in [-0.4, -0.2) is 48.1 Å². The Hall–Kier alpha value is -1.98. The summed E-state index contributed by atoms with van der Waals surface area (Å²) in [5, 5.41) is 10.5. The number of hydrogen-bond donors (Lipinski definition) is 2. The van der Waals surface area contributed by atoms with Gasteiger partial charge in [-0.05, 0) is 32.6 Å². The molecule has 0 aliphatic rings. The Morgan fingerprint density at radius 1 is 1.41 bits per heavy atom. The predicted octanol–water partition coefficient (Wildman–Crippen LogP) is 1.86. The Kier molecular flexibility index (Phi) is 5.86. The van der Waals surface area contributed by atoms with Gasteiger partial charge in [0.2, 0.25) is 0 Å². The quantitative estimate of drug-likeness (QED) is 0.781. The van der Waals surface area contributed by atoms with Gasteiger partial charge in [0, 0.05) is 43.4 Å². The largest absolute Gasteiger partial charge is 0.318 e. The molecule has 0 fully saturated rings. The van der Waals surface area contributed by atoms with Crippen molar-refractivity contribution >= 4 is 5.78 Å². The van der Waals surface area contributed by atoms with Crippen LogP contribution in [0.15, 0.2) is 30.5 Å². The molecular weight excluding hydrogens is 276 g/mol. The summed E-state index contributed by atoms with van der Waals surface area (Å²) in [6.07, 6.45) is 2.42. The molecule has 2 N–H and O–H groups in total. The van der Waals surface area contributed by atoms with Crippen LogP contribution in [0.4, 0.5) is 0 Å². The number of nitrogens with zero attached hydrogens (tertiary/aromatic N) is 2. The van der Waals surface area contributed by atoms with Crippen LogP contribution < -0.4 is 5.32 Å². The topological polar surface area (TPSA) is 61.0 Å². The van der Waals surface area contributed by atoms with E-state index in [9.17, 15) is 4.79 Å². The normalized spacial score (nSPS) is 11.1. The molecule has 118 valence electrons. The summed E-state index contributed by atoms with van der Waals surface area (Å²) in [6.45, 7) is 4.39. The van der Waals surface area contributed by atoms with Crippen molar-refractivity contribution in [2.75, 3.05) is 27.2 Å². The number of aromatic amines is 1. The molecule has 5 heteroatoms. The zero-order valence-corrected chi connectivity index (χ0v) is 13.5. The smallest absolute Gasteiger partial charge is 0.134 e. The van der Waals surface area contributed by atoms with E-state index in [0.29, 0.717) is 6.42 Å². The number of ketones is 1. The minimum atomic E-state index is 0.172. The second-order valence-electron chi connectivity index (χ2n) is 5.68. The monoisotopic (exact) mass is 300 g/mol.